The molecule has 0 atom stereocenters. The van der Waals surface area contributed by atoms with Gasteiger partial charge >= 0.3 is 0 Å². The highest BCUT2D eigenvalue weighted by atomic mass is 19.1. The number of Topliss-reactive ketones (excluding diaryl/α,β-unsaturated/α-hetero) is 2. The van der Waals surface area contributed by atoms with Crippen LogP contribution in [0, 0.1) is 11.7 Å². The molecule has 214 valence electrons. The molecule has 0 aliphatic carbocycles. The first-order valence-electron chi connectivity index (χ1n) is 14.4. The molecule has 2 aliphatic rings. The number of nitrogens with zero attached hydrogens (tertiary/aromatic N) is 3. The average Bonchev–Trinajstić information content (AvgIpc) is 3.00. The monoisotopic (exact) mass is 557 g/mol. The highest BCUT2D eigenvalue weighted by molar-refractivity contribution is 5.97. The van der Waals surface area contributed by atoms with Crippen molar-refractivity contribution in [1.29, 1.82) is 0 Å². The zero-order chi connectivity index (χ0) is 28.8. The number of benzene rings is 2. The Morgan fingerprint density at radius 1 is 0.854 bits per heavy atom. The first-order chi connectivity index (χ1) is 19.8. The highest BCUT2D eigenvalue weighted by Crippen LogP contribution is 2.24. The Balaban J connectivity index is 1.05. The number of aromatic nitrogens is 1. The minimum absolute atomic E-state index is 0.00460. The number of carbonyl (C=O) groups is 3. The van der Waals surface area contributed by atoms with E-state index in [1.54, 1.807) is 41.3 Å². The van der Waals surface area contributed by atoms with Crippen LogP contribution in [0.2, 0.25) is 0 Å². The van der Waals surface area contributed by atoms with Gasteiger partial charge < -0.3 is 9.64 Å². The maximum Gasteiger partial charge on any atom is 0.272 e. The SMILES string of the molecule is CC(=O)c1ccc(OC2CCN(C(=O)c3ccc(C(=O)CC4CCN(Cc5ccc(F)cc5)CC4)cn3)CC2)cc1. The summed E-state index contributed by atoms with van der Waals surface area (Å²) >= 11 is 0. The second kappa shape index (κ2) is 13.2. The zero-order valence-corrected chi connectivity index (χ0v) is 23.4. The summed E-state index contributed by atoms with van der Waals surface area (Å²) < 4.78 is 19.2. The fourth-order valence-electron chi connectivity index (χ4n) is 5.56. The molecule has 1 amide bonds. The van der Waals surface area contributed by atoms with E-state index in [4.69, 9.17) is 4.74 Å². The maximum atomic E-state index is 13.1. The van der Waals surface area contributed by atoms with Crippen LogP contribution in [0.25, 0.3) is 0 Å². The molecular formula is C33H36FN3O4. The van der Waals surface area contributed by atoms with E-state index in [1.807, 2.05) is 12.1 Å². The van der Waals surface area contributed by atoms with Crippen molar-refractivity contribution in [2.45, 2.75) is 51.7 Å². The largest absolute Gasteiger partial charge is 0.490 e. The molecule has 2 fully saturated rings. The third kappa shape index (κ3) is 7.64. The van der Waals surface area contributed by atoms with Gasteiger partial charge in [0.2, 0.25) is 0 Å². The molecule has 1 aromatic heterocycles. The number of hydrogen-bond acceptors (Lipinski definition) is 6. The second-order valence-electron chi connectivity index (χ2n) is 11.1. The Morgan fingerprint density at radius 2 is 1.51 bits per heavy atom. The molecule has 2 aliphatic heterocycles. The van der Waals surface area contributed by atoms with Gasteiger partial charge in [0, 0.05) is 56.2 Å². The molecule has 0 saturated carbocycles. The number of amides is 1. The van der Waals surface area contributed by atoms with Crippen LogP contribution in [0.4, 0.5) is 4.39 Å². The molecule has 41 heavy (non-hydrogen) atoms. The van der Waals surface area contributed by atoms with Gasteiger partial charge in [-0.2, -0.15) is 0 Å². The zero-order valence-electron chi connectivity index (χ0n) is 23.4. The number of halogens is 1. The number of likely N-dealkylation sites (tertiary alicyclic amines) is 2. The van der Waals surface area contributed by atoms with Crippen molar-refractivity contribution < 1.29 is 23.5 Å². The minimum atomic E-state index is -0.223. The van der Waals surface area contributed by atoms with Gasteiger partial charge in [0.25, 0.3) is 5.91 Å². The third-order valence-electron chi connectivity index (χ3n) is 8.10. The van der Waals surface area contributed by atoms with Crippen molar-refractivity contribution in [2.75, 3.05) is 26.2 Å². The predicted octanol–water partition coefficient (Wildman–Crippen LogP) is 5.59. The van der Waals surface area contributed by atoms with Gasteiger partial charge in [-0.05, 0) is 92.9 Å². The van der Waals surface area contributed by atoms with Crippen LogP contribution in [0.1, 0.15) is 75.8 Å². The lowest BCUT2D eigenvalue weighted by atomic mass is 9.90. The van der Waals surface area contributed by atoms with Gasteiger partial charge in [-0.1, -0.05) is 12.1 Å². The number of pyridine rings is 1. The standard InChI is InChI=1S/C33H36FN3O4/c1-23(38)26-4-9-29(10-5-26)41-30-14-18-37(19-15-30)33(40)31-11-6-27(21-35-31)32(39)20-24-12-16-36(17-13-24)22-25-2-7-28(34)8-3-25/h2-11,21,24,30H,12-20,22H2,1H3. The Hall–Kier alpha value is -3.91. The molecule has 2 aromatic carbocycles. The van der Waals surface area contributed by atoms with Crippen molar-refractivity contribution in [2.24, 2.45) is 5.92 Å². The van der Waals surface area contributed by atoms with Gasteiger partial charge in [0.05, 0.1) is 0 Å². The molecule has 3 heterocycles. The van der Waals surface area contributed by atoms with E-state index in [0.717, 1.165) is 43.8 Å². The average molecular weight is 558 g/mol. The normalized spacial score (nSPS) is 16.9. The van der Waals surface area contributed by atoms with Crippen LogP contribution < -0.4 is 4.74 Å². The van der Waals surface area contributed by atoms with Crippen LogP contribution in [-0.2, 0) is 6.54 Å². The number of ether oxygens (including phenoxy) is 1. The second-order valence-corrected chi connectivity index (χ2v) is 11.1. The molecular weight excluding hydrogens is 521 g/mol. The first kappa shape index (κ1) is 28.6. The fourth-order valence-corrected chi connectivity index (χ4v) is 5.56. The summed E-state index contributed by atoms with van der Waals surface area (Å²) in [6.07, 6.45) is 5.31. The van der Waals surface area contributed by atoms with E-state index in [-0.39, 0.29) is 29.4 Å². The third-order valence-corrected chi connectivity index (χ3v) is 8.10. The lowest BCUT2D eigenvalue weighted by molar-refractivity contribution is 0.0589. The van der Waals surface area contributed by atoms with Crippen molar-refractivity contribution in [3.8, 4) is 5.75 Å². The fraction of sp³-hybridized carbons (Fsp3) is 0.394. The van der Waals surface area contributed by atoms with E-state index < -0.39 is 0 Å². The number of carbonyl (C=O) groups excluding carboxylic acids is 3. The summed E-state index contributed by atoms with van der Waals surface area (Å²) in [6.45, 7) is 5.28. The number of piperidine rings is 2. The van der Waals surface area contributed by atoms with Crippen LogP contribution >= 0.6 is 0 Å². The van der Waals surface area contributed by atoms with Gasteiger partial charge in [-0.15, -0.1) is 0 Å². The number of ketones is 2. The van der Waals surface area contributed by atoms with Crippen molar-refractivity contribution in [3.63, 3.8) is 0 Å². The molecule has 0 N–H and O–H groups in total. The quantitative estimate of drug-likeness (QED) is 0.319. The molecule has 0 unspecified atom stereocenters. The lowest BCUT2D eigenvalue weighted by Crippen LogP contribution is -2.42. The van der Waals surface area contributed by atoms with E-state index >= 15 is 0 Å². The number of rotatable bonds is 9. The van der Waals surface area contributed by atoms with Crippen LogP contribution in [0.5, 0.6) is 5.75 Å². The highest BCUT2D eigenvalue weighted by Gasteiger charge is 2.26. The van der Waals surface area contributed by atoms with Gasteiger partial charge in [-0.3, -0.25) is 24.3 Å². The lowest BCUT2D eigenvalue weighted by Gasteiger charge is -2.32. The van der Waals surface area contributed by atoms with Crippen molar-refractivity contribution >= 4 is 17.5 Å². The van der Waals surface area contributed by atoms with Crippen LogP contribution in [0.15, 0.2) is 66.9 Å². The van der Waals surface area contributed by atoms with Gasteiger partial charge in [0.15, 0.2) is 11.6 Å². The van der Waals surface area contributed by atoms with Crippen molar-refractivity contribution in [3.05, 3.63) is 95.1 Å². The molecule has 3 aromatic rings. The van der Waals surface area contributed by atoms with Crippen LogP contribution in [-0.4, -0.2) is 64.5 Å². The van der Waals surface area contributed by atoms with Gasteiger partial charge in [-0.25, -0.2) is 4.39 Å². The Morgan fingerprint density at radius 3 is 2.12 bits per heavy atom. The van der Waals surface area contributed by atoms with E-state index in [9.17, 15) is 18.8 Å². The number of hydrogen-bond donors (Lipinski definition) is 0. The summed E-state index contributed by atoms with van der Waals surface area (Å²) in [5.74, 6) is 0.760. The Kier molecular flexibility index (Phi) is 9.19. The maximum absolute atomic E-state index is 13.1. The molecule has 0 spiro atoms. The topological polar surface area (TPSA) is 79.8 Å². The van der Waals surface area contributed by atoms with E-state index in [2.05, 4.69) is 9.88 Å². The Labute approximate surface area is 240 Å². The van der Waals surface area contributed by atoms with Crippen LogP contribution in [0.3, 0.4) is 0 Å². The van der Waals surface area contributed by atoms with Gasteiger partial charge in [0.1, 0.15) is 23.4 Å². The molecule has 2 saturated heterocycles. The summed E-state index contributed by atoms with van der Waals surface area (Å²) in [5, 5.41) is 0. The summed E-state index contributed by atoms with van der Waals surface area (Å²) in [4.78, 5) is 45.9. The molecule has 5 rings (SSSR count). The molecule has 0 radical (unpaired) electrons. The predicted molar refractivity (Wildman–Crippen MR) is 154 cm³/mol. The van der Waals surface area contributed by atoms with E-state index in [0.29, 0.717) is 55.1 Å². The smallest absolute Gasteiger partial charge is 0.272 e. The van der Waals surface area contributed by atoms with E-state index in [1.165, 1.54) is 25.3 Å². The Bertz CT molecular complexity index is 1340. The first-order valence-corrected chi connectivity index (χ1v) is 14.4. The summed E-state index contributed by atoms with van der Waals surface area (Å²) in [7, 11) is 0. The molecule has 0 bridgehead atoms. The van der Waals surface area contributed by atoms with Crippen molar-refractivity contribution in [1.82, 2.24) is 14.8 Å². The summed E-state index contributed by atoms with van der Waals surface area (Å²) in [5.41, 5.74) is 2.63. The molecule has 7 nitrogen and oxygen atoms in total. The minimum Gasteiger partial charge on any atom is -0.490 e. The molecule has 8 heteroatoms. The summed E-state index contributed by atoms with van der Waals surface area (Å²) in [6, 6.07) is 17.1.